The lowest BCUT2D eigenvalue weighted by Gasteiger charge is -2.26. The van der Waals surface area contributed by atoms with Gasteiger partial charge in [0.15, 0.2) is 0 Å². The Hall–Kier alpha value is -4.84. The number of carboxylic acid groups (broad SMARTS) is 1. The zero-order valence-electron chi connectivity index (χ0n) is 23.5. The molecule has 0 saturated carbocycles. The minimum Gasteiger partial charge on any atom is -0.493 e. The van der Waals surface area contributed by atoms with Crippen molar-refractivity contribution in [3.63, 3.8) is 0 Å². The molecule has 0 aliphatic rings. The molecule has 5 aromatic rings. The van der Waals surface area contributed by atoms with E-state index in [9.17, 15) is 9.90 Å². The van der Waals surface area contributed by atoms with Crippen LogP contribution in [0.25, 0.3) is 22.6 Å². The maximum absolute atomic E-state index is 12.1. The van der Waals surface area contributed by atoms with E-state index >= 15 is 0 Å². The SMILES string of the molecule is Cc1ccc(OC(C)(Cc2ccc(OCCc3nc(-c4cccc(-c5ccccc5)c4)oc3C)cc2)C(=O)O)cc1. The second kappa shape index (κ2) is 12.1. The molecule has 0 fully saturated rings. The summed E-state index contributed by atoms with van der Waals surface area (Å²) in [5, 5.41) is 9.89. The minimum atomic E-state index is -1.40. The van der Waals surface area contributed by atoms with Gasteiger partial charge in [-0.15, -0.1) is 0 Å². The maximum Gasteiger partial charge on any atom is 0.348 e. The van der Waals surface area contributed by atoms with Gasteiger partial charge < -0.3 is 19.0 Å². The first kappa shape index (κ1) is 27.7. The minimum absolute atomic E-state index is 0.211. The normalized spacial score (nSPS) is 12.5. The zero-order chi connectivity index (χ0) is 28.8. The van der Waals surface area contributed by atoms with Gasteiger partial charge in [0.1, 0.15) is 17.3 Å². The van der Waals surface area contributed by atoms with Crippen molar-refractivity contribution < 1.29 is 23.8 Å². The molecule has 0 aliphatic carbocycles. The van der Waals surface area contributed by atoms with E-state index in [1.807, 2.05) is 80.6 Å². The van der Waals surface area contributed by atoms with Gasteiger partial charge in [-0.05, 0) is 73.9 Å². The quantitative estimate of drug-likeness (QED) is 0.182. The van der Waals surface area contributed by atoms with Crippen molar-refractivity contribution in [3.05, 3.63) is 126 Å². The largest absolute Gasteiger partial charge is 0.493 e. The number of aryl methyl sites for hydroxylation is 2. The highest BCUT2D eigenvalue weighted by molar-refractivity contribution is 5.78. The van der Waals surface area contributed by atoms with Crippen LogP contribution >= 0.6 is 0 Å². The number of nitrogens with zero attached hydrogens (tertiary/aromatic N) is 1. The van der Waals surface area contributed by atoms with Crippen LogP contribution in [-0.2, 0) is 17.6 Å². The van der Waals surface area contributed by atoms with Crippen LogP contribution in [-0.4, -0.2) is 28.3 Å². The summed E-state index contributed by atoms with van der Waals surface area (Å²) in [4.78, 5) is 16.8. The molecule has 41 heavy (non-hydrogen) atoms. The van der Waals surface area contributed by atoms with E-state index in [0.29, 0.717) is 30.4 Å². The van der Waals surface area contributed by atoms with Crippen LogP contribution in [0.1, 0.15) is 29.5 Å². The monoisotopic (exact) mass is 547 g/mol. The molecule has 0 aliphatic heterocycles. The number of oxazole rings is 1. The van der Waals surface area contributed by atoms with E-state index in [0.717, 1.165) is 39.3 Å². The summed E-state index contributed by atoms with van der Waals surface area (Å²) in [6, 6.07) is 33.2. The van der Waals surface area contributed by atoms with E-state index in [1.165, 1.54) is 0 Å². The van der Waals surface area contributed by atoms with Crippen molar-refractivity contribution in [3.8, 4) is 34.1 Å². The zero-order valence-corrected chi connectivity index (χ0v) is 23.5. The Morgan fingerprint density at radius 1 is 0.829 bits per heavy atom. The topological polar surface area (TPSA) is 81.8 Å². The molecule has 0 amide bonds. The second-order valence-electron chi connectivity index (χ2n) is 10.3. The molecular formula is C35H33NO5. The molecule has 208 valence electrons. The fraction of sp³-hybridized carbons (Fsp3) is 0.200. The Kier molecular flexibility index (Phi) is 8.20. The number of aromatic nitrogens is 1. The number of rotatable bonds is 11. The van der Waals surface area contributed by atoms with Crippen molar-refractivity contribution in [2.24, 2.45) is 0 Å². The maximum atomic E-state index is 12.1. The average molecular weight is 548 g/mol. The van der Waals surface area contributed by atoms with Gasteiger partial charge in [0.25, 0.3) is 0 Å². The molecule has 1 atom stereocenters. The van der Waals surface area contributed by atoms with Crippen LogP contribution in [0.4, 0.5) is 0 Å². The predicted molar refractivity (Wildman–Crippen MR) is 159 cm³/mol. The molecule has 1 aromatic heterocycles. The van der Waals surface area contributed by atoms with Gasteiger partial charge in [-0.3, -0.25) is 0 Å². The first-order valence-corrected chi connectivity index (χ1v) is 13.6. The number of hydrogen-bond acceptors (Lipinski definition) is 5. The van der Waals surface area contributed by atoms with Crippen molar-refractivity contribution in [2.45, 2.75) is 39.2 Å². The van der Waals surface area contributed by atoms with E-state index in [1.54, 1.807) is 19.1 Å². The van der Waals surface area contributed by atoms with E-state index in [2.05, 4.69) is 24.3 Å². The van der Waals surface area contributed by atoms with Gasteiger partial charge in [-0.1, -0.05) is 72.3 Å². The Bertz CT molecular complexity index is 1610. The summed E-state index contributed by atoms with van der Waals surface area (Å²) in [6.45, 7) is 5.91. The van der Waals surface area contributed by atoms with Crippen molar-refractivity contribution in [1.29, 1.82) is 0 Å². The van der Waals surface area contributed by atoms with Crippen LogP contribution in [0.15, 0.2) is 108 Å². The van der Waals surface area contributed by atoms with Crippen LogP contribution < -0.4 is 9.47 Å². The molecule has 0 radical (unpaired) electrons. The predicted octanol–water partition coefficient (Wildman–Crippen LogP) is 7.71. The Morgan fingerprint density at radius 3 is 2.20 bits per heavy atom. The lowest BCUT2D eigenvalue weighted by molar-refractivity contribution is -0.153. The van der Waals surface area contributed by atoms with Crippen LogP contribution in [0.3, 0.4) is 0 Å². The van der Waals surface area contributed by atoms with Gasteiger partial charge in [0.05, 0.1) is 12.3 Å². The third-order valence-electron chi connectivity index (χ3n) is 7.00. The number of benzene rings is 4. The lowest BCUT2D eigenvalue weighted by atomic mass is 9.96. The summed E-state index contributed by atoms with van der Waals surface area (Å²) < 4.78 is 17.9. The van der Waals surface area contributed by atoms with E-state index < -0.39 is 11.6 Å². The highest BCUT2D eigenvalue weighted by Gasteiger charge is 2.36. The summed E-state index contributed by atoms with van der Waals surface area (Å²) in [7, 11) is 0. The molecular weight excluding hydrogens is 514 g/mol. The van der Waals surface area contributed by atoms with Crippen molar-refractivity contribution in [2.75, 3.05) is 6.61 Å². The first-order valence-electron chi connectivity index (χ1n) is 13.6. The average Bonchev–Trinajstić information content (AvgIpc) is 3.36. The van der Waals surface area contributed by atoms with Gasteiger partial charge in [0, 0.05) is 18.4 Å². The fourth-order valence-corrected chi connectivity index (χ4v) is 4.63. The number of carbonyl (C=O) groups is 1. The fourth-order valence-electron chi connectivity index (χ4n) is 4.63. The summed E-state index contributed by atoms with van der Waals surface area (Å²) in [5.41, 5.74) is 4.55. The smallest absolute Gasteiger partial charge is 0.348 e. The van der Waals surface area contributed by atoms with Gasteiger partial charge in [-0.2, -0.15) is 0 Å². The Morgan fingerprint density at radius 2 is 1.49 bits per heavy atom. The molecule has 0 saturated heterocycles. The molecule has 0 bridgehead atoms. The van der Waals surface area contributed by atoms with Gasteiger partial charge in [0.2, 0.25) is 11.5 Å². The molecule has 0 spiro atoms. The standard InChI is InChI=1S/C35H33NO5/c1-24-12-16-31(17-13-24)41-35(3,34(37)38)23-26-14-18-30(19-15-26)39-21-20-32-25(2)40-33(36-32)29-11-7-10-28(22-29)27-8-5-4-6-9-27/h4-19,22H,20-21,23H2,1-3H3,(H,37,38). The molecule has 6 heteroatoms. The number of aliphatic carboxylic acids is 1. The van der Waals surface area contributed by atoms with Gasteiger partial charge in [-0.25, -0.2) is 9.78 Å². The van der Waals surface area contributed by atoms with Gasteiger partial charge >= 0.3 is 5.97 Å². The van der Waals surface area contributed by atoms with E-state index in [4.69, 9.17) is 18.9 Å². The number of ether oxygens (including phenoxy) is 2. The van der Waals surface area contributed by atoms with Crippen molar-refractivity contribution in [1.82, 2.24) is 4.98 Å². The second-order valence-corrected chi connectivity index (χ2v) is 10.3. The number of carboxylic acids is 1. The lowest BCUT2D eigenvalue weighted by Crippen LogP contribution is -2.43. The molecule has 4 aromatic carbocycles. The van der Waals surface area contributed by atoms with Crippen LogP contribution in [0.5, 0.6) is 11.5 Å². The van der Waals surface area contributed by atoms with Crippen LogP contribution in [0, 0.1) is 13.8 Å². The first-order chi connectivity index (χ1) is 19.8. The molecule has 1 heterocycles. The Labute approximate surface area is 240 Å². The molecule has 1 N–H and O–H groups in total. The highest BCUT2D eigenvalue weighted by atomic mass is 16.5. The third-order valence-corrected chi connectivity index (χ3v) is 7.00. The summed E-state index contributed by atoms with van der Waals surface area (Å²) in [5.74, 6) is 1.56. The number of hydrogen-bond donors (Lipinski definition) is 1. The van der Waals surface area contributed by atoms with Crippen molar-refractivity contribution >= 4 is 5.97 Å². The molecule has 6 nitrogen and oxygen atoms in total. The summed E-state index contributed by atoms with van der Waals surface area (Å²) in [6.07, 6.45) is 0.805. The third kappa shape index (κ3) is 6.84. The molecule has 1 unspecified atom stereocenters. The summed E-state index contributed by atoms with van der Waals surface area (Å²) >= 11 is 0. The molecule has 5 rings (SSSR count). The Balaban J connectivity index is 1.19. The highest BCUT2D eigenvalue weighted by Crippen LogP contribution is 2.28. The van der Waals surface area contributed by atoms with E-state index in [-0.39, 0.29) is 6.42 Å². The van der Waals surface area contributed by atoms with Crippen LogP contribution in [0.2, 0.25) is 0 Å².